The summed E-state index contributed by atoms with van der Waals surface area (Å²) in [7, 11) is 0. The lowest BCUT2D eigenvalue weighted by atomic mass is 9.89. The number of rotatable bonds is 11. The Morgan fingerprint density at radius 2 is 1.67 bits per heavy atom. The van der Waals surface area contributed by atoms with Crippen molar-refractivity contribution in [3.05, 3.63) is 58.4 Å². The maximum Gasteiger partial charge on any atom is 0.200 e. The number of aromatic hydroxyl groups is 1. The zero-order chi connectivity index (χ0) is 28.1. The molecule has 5 N–H and O–H groups in total. The molecule has 3 aromatic rings. The minimum absolute atomic E-state index is 0.0299. The van der Waals surface area contributed by atoms with Gasteiger partial charge < -0.3 is 44.3 Å². The fourth-order valence-electron chi connectivity index (χ4n) is 4.92. The molecule has 10 heteroatoms. The van der Waals surface area contributed by atoms with E-state index in [0.29, 0.717) is 23.5 Å². The van der Waals surface area contributed by atoms with Crippen LogP contribution in [-0.2, 0) is 4.74 Å². The molecule has 5 atom stereocenters. The third-order valence-corrected chi connectivity index (χ3v) is 7.33. The highest BCUT2D eigenvalue weighted by atomic mass is 16.5. The fourth-order valence-corrected chi connectivity index (χ4v) is 4.92. The first-order valence-corrected chi connectivity index (χ1v) is 13.3. The number of unbranched alkanes of at least 4 members (excludes halogenated alkanes) is 1. The van der Waals surface area contributed by atoms with Gasteiger partial charge in [-0.3, -0.25) is 4.79 Å². The molecule has 0 saturated carbocycles. The van der Waals surface area contributed by atoms with Gasteiger partial charge in [-0.25, -0.2) is 0 Å². The van der Waals surface area contributed by atoms with Gasteiger partial charge in [-0.05, 0) is 62.3 Å². The predicted octanol–water partition coefficient (Wildman–Crippen LogP) is 2.18. The Balaban J connectivity index is 1.54. The van der Waals surface area contributed by atoms with Crippen LogP contribution in [0.4, 0.5) is 0 Å². The first-order chi connectivity index (χ1) is 18.8. The molecule has 2 aromatic carbocycles. The van der Waals surface area contributed by atoms with Crippen molar-refractivity contribution < 1.29 is 39.4 Å². The molecule has 1 aliphatic heterocycles. The summed E-state index contributed by atoms with van der Waals surface area (Å²) >= 11 is 0. The van der Waals surface area contributed by atoms with E-state index in [1.165, 1.54) is 18.4 Å². The van der Waals surface area contributed by atoms with E-state index in [2.05, 4.69) is 18.7 Å². The number of aliphatic hydroxyl groups is 4. The van der Waals surface area contributed by atoms with Crippen molar-refractivity contribution in [2.75, 3.05) is 32.8 Å². The summed E-state index contributed by atoms with van der Waals surface area (Å²) in [6.07, 6.45) is -4.14. The summed E-state index contributed by atoms with van der Waals surface area (Å²) < 4.78 is 17.2. The van der Waals surface area contributed by atoms with Crippen LogP contribution < -0.4 is 10.2 Å². The molecule has 1 fully saturated rings. The molecule has 1 aromatic heterocycles. The molecule has 0 spiro atoms. The largest absolute Gasteiger partial charge is 0.507 e. The van der Waals surface area contributed by atoms with Crippen LogP contribution in [0.1, 0.15) is 38.4 Å². The maximum absolute atomic E-state index is 13.4. The predicted molar refractivity (Wildman–Crippen MR) is 145 cm³/mol. The fraction of sp³-hybridized carbons (Fsp3) is 0.483. The molecular formula is C29H37NO9. The van der Waals surface area contributed by atoms with E-state index in [0.717, 1.165) is 32.5 Å². The molecule has 2 heterocycles. The summed E-state index contributed by atoms with van der Waals surface area (Å²) in [5.41, 5.74) is 0.448. The van der Waals surface area contributed by atoms with Crippen LogP contribution in [0.2, 0.25) is 0 Å². The second-order valence-corrected chi connectivity index (χ2v) is 9.71. The number of phenols is 1. The lowest BCUT2D eigenvalue weighted by Gasteiger charge is -2.40. The molecule has 1 aliphatic rings. The van der Waals surface area contributed by atoms with Crippen LogP contribution >= 0.6 is 0 Å². The van der Waals surface area contributed by atoms with E-state index in [1.807, 2.05) is 0 Å². The monoisotopic (exact) mass is 543 g/mol. The van der Waals surface area contributed by atoms with Crippen molar-refractivity contribution in [3.63, 3.8) is 0 Å². The molecule has 10 nitrogen and oxygen atoms in total. The summed E-state index contributed by atoms with van der Waals surface area (Å²) in [5.74, 6) is 0.364. The highest BCUT2D eigenvalue weighted by Crippen LogP contribution is 2.40. The molecule has 0 aliphatic carbocycles. The van der Waals surface area contributed by atoms with Gasteiger partial charge in [-0.1, -0.05) is 26.0 Å². The Kier molecular flexibility index (Phi) is 9.60. The van der Waals surface area contributed by atoms with Crippen molar-refractivity contribution in [1.29, 1.82) is 0 Å². The number of aliphatic hydroxyl groups excluding tert-OH is 4. The molecule has 4 rings (SSSR count). The third-order valence-electron chi connectivity index (χ3n) is 7.33. The van der Waals surface area contributed by atoms with Crippen LogP contribution in [-0.4, -0.2) is 87.7 Å². The minimum Gasteiger partial charge on any atom is -0.507 e. The van der Waals surface area contributed by atoms with Gasteiger partial charge in [0.1, 0.15) is 53.9 Å². The summed E-state index contributed by atoms with van der Waals surface area (Å²) in [5, 5.41) is 51.1. The van der Waals surface area contributed by atoms with Crippen molar-refractivity contribution in [1.82, 2.24) is 4.90 Å². The van der Waals surface area contributed by atoms with E-state index in [1.54, 1.807) is 24.3 Å². The molecule has 0 unspecified atom stereocenters. The smallest absolute Gasteiger partial charge is 0.200 e. The Morgan fingerprint density at radius 1 is 0.949 bits per heavy atom. The zero-order valence-electron chi connectivity index (χ0n) is 22.2. The van der Waals surface area contributed by atoms with E-state index in [-0.39, 0.29) is 27.7 Å². The highest BCUT2D eigenvalue weighted by molar-refractivity contribution is 5.86. The van der Waals surface area contributed by atoms with Crippen LogP contribution in [0.5, 0.6) is 11.5 Å². The third kappa shape index (κ3) is 6.11. The van der Waals surface area contributed by atoms with E-state index >= 15 is 0 Å². The maximum atomic E-state index is 13.4. The Morgan fingerprint density at radius 3 is 2.33 bits per heavy atom. The van der Waals surface area contributed by atoms with Gasteiger partial charge in [-0.2, -0.15) is 0 Å². The number of fused-ring (bicyclic) bond motifs is 1. The van der Waals surface area contributed by atoms with Gasteiger partial charge in [0.15, 0.2) is 0 Å². The van der Waals surface area contributed by atoms with Crippen LogP contribution in [0, 0.1) is 0 Å². The number of ether oxygens (including phenoxy) is 2. The van der Waals surface area contributed by atoms with Crippen LogP contribution in [0.25, 0.3) is 22.1 Å². The second kappa shape index (κ2) is 12.9. The molecular weight excluding hydrogens is 506 g/mol. The standard InChI is InChI=1S/C29H37NO9/c1-3-30(4-2)13-5-6-14-37-18-9-7-17(8-10-18)20-16-38-28-19(24(20)33)11-12-21(32)23(28)29-27(36)26(35)25(34)22(15-31)39-29/h7-12,16,22,25-27,29,31-32,34-36H,3-6,13-15H2,1-2H3/t22-,25-,26+,27-,29+/m1/s1. The number of hydrogen-bond acceptors (Lipinski definition) is 10. The second-order valence-electron chi connectivity index (χ2n) is 9.71. The SMILES string of the molecule is CCN(CC)CCCCOc1ccc(-c2coc3c([C@@H]4O[C@H](CO)[C@@H](O)[C@H](O)[C@H]4O)c(O)ccc3c2=O)cc1. The van der Waals surface area contributed by atoms with E-state index in [4.69, 9.17) is 13.9 Å². The number of benzene rings is 2. The van der Waals surface area contributed by atoms with Gasteiger partial charge in [-0.15, -0.1) is 0 Å². The first-order valence-electron chi connectivity index (χ1n) is 13.3. The van der Waals surface area contributed by atoms with E-state index in [9.17, 15) is 30.3 Å². The van der Waals surface area contributed by atoms with Gasteiger partial charge >= 0.3 is 0 Å². The average molecular weight is 544 g/mol. The van der Waals surface area contributed by atoms with Gasteiger partial charge in [0.25, 0.3) is 0 Å². The molecule has 0 bridgehead atoms. The molecule has 0 amide bonds. The summed E-state index contributed by atoms with van der Waals surface area (Å²) in [4.78, 5) is 15.8. The van der Waals surface area contributed by atoms with Crippen molar-refractivity contribution in [3.8, 4) is 22.6 Å². The number of phenolic OH excluding ortho intramolecular Hbond substituents is 1. The summed E-state index contributed by atoms with van der Waals surface area (Å²) in [6, 6.07) is 9.80. The Bertz CT molecular complexity index is 1290. The van der Waals surface area contributed by atoms with E-state index < -0.39 is 37.1 Å². The van der Waals surface area contributed by atoms with Gasteiger partial charge in [0.2, 0.25) is 5.43 Å². The Hall–Kier alpha value is -2.99. The lowest BCUT2D eigenvalue weighted by molar-refractivity contribution is -0.231. The van der Waals surface area contributed by atoms with Crippen molar-refractivity contribution in [2.45, 2.75) is 57.2 Å². The highest BCUT2D eigenvalue weighted by Gasteiger charge is 2.45. The minimum atomic E-state index is -1.65. The van der Waals surface area contributed by atoms with Crippen LogP contribution in [0.3, 0.4) is 0 Å². The molecule has 39 heavy (non-hydrogen) atoms. The van der Waals surface area contributed by atoms with Gasteiger partial charge in [0, 0.05) is 0 Å². The Labute approximate surface area is 226 Å². The lowest BCUT2D eigenvalue weighted by Crippen LogP contribution is -2.55. The molecule has 212 valence electrons. The average Bonchev–Trinajstić information content (AvgIpc) is 2.95. The van der Waals surface area contributed by atoms with Crippen molar-refractivity contribution in [2.24, 2.45) is 0 Å². The quantitative estimate of drug-likeness (QED) is 0.228. The zero-order valence-corrected chi connectivity index (χ0v) is 22.2. The number of hydrogen-bond donors (Lipinski definition) is 5. The number of nitrogens with zero attached hydrogens (tertiary/aromatic N) is 1. The normalized spacial score (nSPS) is 23.4. The van der Waals surface area contributed by atoms with Crippen LogP contribution in [0.15, 0.2) is 51.9 Å². The van der Waals surface area contributed by atoms with Gasteiger partial charge in [0.05, 0.1) is 29.7 Å². The van der Waals surface area contributed by atoms with Crippen molar-refractivity contribution >= 4 is 11.0 Å². The summed E-state index contributed by atoms with van der Waals surface area (Å²) in [6.45, 7) is 7.40. The topological polar surface area (TPSA) is 153 Å². The molecule has 1 saturated heterocycles. The first kappa shape index (κ1) is 29.0. The molecule has 0 radical (unpaired) electrons.